The van der Waals surface area contributed by atoms with Gasteiger partial charge in [-0.15, -0.1) is 5.10 Å². The van der Waals surface area contributed by atoms with Crippen molar-refractivity contribution in [2.24, 2.45) is 0 Å². The van der Waals surface area contributed by atoms with Crippen LogP contribution in [-0.2, 0) is 0 Å². The number of hydrogen-bond donors (Lipinski definition) is 2. The Bertz CT molecular complexity index is 619. The van der Waals surface area contributed by atoms with E-state index in [0.717, 1.165) is 19.3 Å². The molecule has 0 saturated carbocycles. The number of nitrogens with one attached hydrogen (secondary N) is 2. The van der Waals surface area contributed by atoms with Crippen molar-refractivity contribution in [3.8, 4) is 5.88 Å². The Morgan fingerprint density at radius 1 is 0.903 bits per heavy atom. The molecule has 0 spiro atoms. The van der Waals surface area contributed by atoms with Gasteiger partial charge in [0.15, 0.2) is 0 Å². The zero-order chi connectivity index (χ0) is 22.7. The van der Waals surface area contributed by atoms with Crippen LogP contribution >= 0.6 is 0 Å². The normalized spacial score (nSPS) is 10.9. The van der Waals surface area contributed by atoms with Crippen LogP contribution < -0.4 is 10.1 Å². The van der Waals surface area contributed by atoms with Gasteiger partial charge in [0.05, 0.1) is 12.0 Å². The summed E-state index contributed by atoms with van der Waals surface area (Å²) in [6, 6.07) is 0. The zero-order valence-corrected chi connectivity index (χ0v) is 19.5. The number of rotatable bonds is 20. The first-order valence-corrected chi connectivity index (χ1v) is 12.2. The van der Waals surface area contributed by atoms with Gasteiger partial charge in [-0.3, -0.25) is 20.0 Å². The van der Waals surface area contributed by atoms with Gasteiger partial charge in [0.25, 0.3) is 5.91 Å². The molecule has 0 fully saturated rings. The summed E-state index contributed by atoms with van der Waals surface area (Å²) in [5.41, 5.74) is -0.592. The Labute approximate surface area is 187 Å². The van der Waals surface area contributed by atoms with Crippen LogP contribution in [0, 0.1) is 10.1 Å². The van der Waals surface area contributed by atoms with E-state index in [9.17, 15) is 14.9 Å². The maximum absolute atomic E-state index is 12.1. The number of aromatic nitrogens is 2. The van der Waals surface area contributed by atoms with Crippen molar-refractivity contribution in [3.63, 3.8) is 0 Å². The highest BCUT2D eigenvalue weighted by Gasteiger charge is 2.29. The molecular formula is C23H42N4O4. The highest BCUT2D eigenvalue weighted by molar-refractivity contribution is 5.97. The summed E-state index contributed by atoms with van der Waals surface area (Å²) in [6.07, 6.45) is 20.7. The maximum atomic E-state index is 12.1. The van der Waals surface area contributed by atoms with Crippen LogP contribution in [0.15, 0.2) is 0 Å². The van der Waals surface area contributed by atoms with E-state index in [1.165, 1.54) is 90.6 Å². The van der Waals surface area contributed by atoms with Gasteiger partial charge in [0.1, 0.15) is 0 Å². The number of ether oxygens (including phenoxy) is 1. The highest BCUT2D eigenvalue weighted by atomic mass is 16.6. The number of H-pyrrole nitrogens is 1. The van der Waals surface area contributed by atoms with Gasteiger partial charge in [-0.2, -0.15) is 0 Å². The number of methoxy groups -OCH3 is 1. The highest BCUT2D eigenvalue weighted by Crippen LogP contribution is 2.27. The van der Waals surface area contributed by atoms with Crippen molar-refractivity contribution < 1.29 is 14.5 Å². The molecule has 0 radical (unpaired) electrons. The van der Waals surface area contributed by atoms with Gasteiger partial charge in [-0.1, -0.05) is 103 Å². The van der Waals surface area contributed by atoms with Gasteiger partial charge in [0, 0.05) is 6.54 Å². The first kappa shape index (κ1) is 26.9. The first-order chi connectivity index (χ1) is 15.1. The Morgan fingerprint density at radius 2 is 1.35 bits per heavy atom. The van der Waals surface area contributed by atoms with Crippen LogP contribution in [0.25, 0.3) is 0 Å². The monoisotopic (exact) mass is 438 g/mol. The third-order valence-corrected chi connectivity index (χ3v) is 5.63. The predicted octanol–water partition coefficient (Wildman–Crippen LogP) is 6.32. The Hall–Kier alpha value is -2.12. The summed E-state index contributed by atoms with van der Waals surface area (Å²) in [5, 5.41) is 19.8. The van der Waals surface area contributed by atoms with Crippen molar-refractivity contribution >= 4 is 11.6 Å². The van der Waals surface area contributed by atoms with Crippen LogP contribution in [0.5, 0.6) is 5.88 Å². The molecule has 2 N–H and O–H groups in total. The fourth-order valence-corrected chi connectivity index (χ4v) is 3.75. The number of hydrogen-bond acceptors (Lipinski definition) is 5. The third-order valence-electron chi connectivity index (χ3n) is 5.63. The van der Waals surface area contributed by atoms with E-state index in [2.05, 4.69) is 22.4 Å². The minimum atomic E-state index is -0.661. The lowest BCUT2D eigenvalue weighted by Gasteiger charge is -2.05. The van der Waals surface area contributed by atoms with E-state index < -0.39 is 16.5 Å². The number of carbonyl (C=O) groups is 1. The fraction of sp³-hybridized carbons (Fsp3) is 0.826. The zero-order valence-electron chi connectivity index (χ0n) is 19.5. The average Bonchev–Trinajstić information content (AvgIpc) is 3.20. The lowest BCUT2D eigenvalue weighted by Crippen LogP contribution is -2.25. The van der Waals surface area contributed by atoms with E-state index in [1.54, 1.807) is 0 Å². The minimum absolute atomic E-state index is 0.168. The molecule has 1 rings (SSSR count). The average molecular weight is 439 g/mol. The number of unbranched alkanes of at least 4 members (excludes halogenated alkanes) is 15. The van der Waals surface area contributed by atoms with Crippen LogP contribution in [0.4, 0.5) is 5.69 Å². The summed E-state index contributed by atoms with van der Waals surface area (Å²) in [6.45, 7) is 2.76. The van der Waals surface area contributed by atoms with Crippen molar-refractivity contribution in [1.82, 2.24) is 15.5 Å². The summed E-state index contributed by atoms with van der Waals surface area (Å²) in [4.78, 5) is 22.5. The van der Waals surface area contributed by atoms with E-state index in [0.29, 0.717) is 6.54 Å². The molecular weight excluding hydrogens is 396 g/mol. The molecule has 0 aliphatic heterocycles. The smallest absolute Gasteiger partial charge is 0.362 e. The Kier molecular flexibility index (Phi) is 15.2. The lowest BCUT2D eigenvalue weighted by molar-refractivity contribution is -0.386. The summed E-state index contributed by atoms with van der Waals surface area (Å²) < 4.78 is 4.81. The number of carbonyl (C=O) groups excluding carboxylic acids is 1. The molecule has 0 aliphatic rings. The van der Waals surface area contributed by atoms with Crippen LogP contribution in [0.3, 0.4) is 0 Å². The van der Waals surface area contributed by atoms with Gasteiger partial charge in [0.2, 0.25) is 5.69 Å². The van der Waals surface area contributed by atoms with E-state index in [4.69, 9.17) is 4.74 Å². The lowest BCUT2D eigenvalue weighted by atomic mass is 10.0. The fourth-order valence-electron chi connectivity index (χ4n) is 3.75. The van der Waals surface area contributed by atoms with Crippen LogP contribution in [-0.4, -0.2) is 34.7 Å². The van der Waals surface area contributed by atoms with E-state index >= 15 is 0 Å². The topological polar surface area (TPSA) is 110 Å². The molecule has 8 heteroatoms. The predicted molar refractivity (Wildman–Crippen MR) is 124 cm³/mol. The molecule has 0 unspecified atom stereocenters. The third kappa shape index (κ3) is 11.7. The van der Waals surface area contributed by atoms with Crippen LogP contribution in [0.1, 0.15) is 120 Å². The molecule has 1 aromatic rings. The first-order valence-electron chi connectivity index (χ1n) is 12.2. The summed E-state index contributed by atoms with van der Waals surface area (Å²) >= 11 is 0. The van der Waals surface area contributed by atoms with Crippen molar-refractivity contribution in [2.45, 2.75) is 110 Å². The molecule has 1 amide bonds. The molecule has 0 saturated heterocycles. The standard InChI is InChI=1S/C23H42N4O4/c1-3-4-5-6-7-8-9-10-11-12-13-14-15-16-17-18-19-24-22(28)20-21(27(29)30)23(31-2)26-25-20/h3-19H2,1-2H3,(H,24,28)(H,25,26). The molecule has 8 nitrogen and oxygen atoms in total. The molecule has 1 aromatic heterocycles. The Balaban J connectivity index is 1.93. The van der Waals surface area contributed by atoms with Crippen molar-refractivity contribution in [2.75, 3.05) is 13.7 Å². The summed E-state index contributed by atoms with van der Waals surface area (Å²) in [5.74, 6) is -0.707. The minimum Gasteiger partial charge on any atom is -0.475 e. The molecule has 1 heterocycles. The van der Waals surface area contributed by atoms with E-state index in [1.807, 2.05) is 0 Å². The van der Waals surface area contributed by atoms with Crippen LogP contribution in [0.2, 0.25) is 0 Å². The van der Waals surface area contributed by atoms with E-state index in [-0.39, 0.29) is 11.6 Å². The number of nitrogens with zero attached hydrogens (tertiary/aromatic N) is 2. The quantitative estimate of drug-likeness (QED) is 0.141. The van der Waals surface area contributed by atoms with Gasteiger partial charge < -0.3 is 10.1 Å². The molecule has 178 valence electrons. The molecule has 0 atom stereocenters. The Morgan fingerprint density at radius 3 is 1.77 bits per heavy atom. The number of aromatic amines is 1. The SMILES string of the molecule is CCCCCCCCCCCCCCCCCCNC(=O)c1[nH]nc(OC)c1[N+](=O)[O-]. The second kappa shape index (κ2) is 17.5. The maximum Gasteiger partial charge on any atom is 0.362 e. The molecule has 0 bridgehead atoms. The molecule has 0 aromatic carbocycles. The van der Waals surface area contributed by atoms with Gasteiger partial charge in [-0.05, 0) is 6.42 Å². The number of amides is 1. The van der Waals surface area contributed by atoms with Crippen molar-refractivity contribution in [3.05, 3.63) is 15.8 Å². The van der Waals surface area contributed by atoms with Gasteiger partial charge in [-0.25, -0.2) is 0 Å². The largest absolute Gasteiger partial charge is 0.475 e. The second-order valence-corrected chi connectivity index (χ2v) is 8.27. The molecule has 0 aliphatic carbocycles. The number of nitro groups is 1. The second-order valence-electron chi connectivity index (χ2n) is 8.27. The van der Waals surface area contributed by atoms with Crippen molar-refractivity contribution in [1.29, 1.82) is 0 Å². The molecule has 31 heavy (non-hydrogen) atoms. The van der Waals surface area contributed by atoms with Gasteiger partial charge >= 0.3 is 11.6 Å². The summed E-state index contributed by atoms with van der Waals surface area (Å²) in [7, 11) is 1.28.